The number of hydrogen-bond donors (Lipinski definition) is 0. The molecule has 2 aliphatic rings. The van der Waals surface area contributed by atoms with Crippen LogP contribution < -0.4 is 0 Å². The Morgan fingerprint density at radius 3 is 2.59 bits per heavy atom. The molecule has 2 aliphatic heterocycles. The molecule has 6 heteroatoms. The molecule has 2 saturated heterocycles. The summed E-state index contributed by atoms with van der Waals surface area (Å²) >= 11 is 7.09. The van der Waals surface area contributed by atoms with Crippen LogP contribution in [-0.2, 0) is 4.79 Å². The average molecular weight is 337 g/mol. The van der Waals surface area contributed by atoms with Crippen LogP contribution in [0.25, 0.3) is 6.08 Å². The Balaban J connectivity index is 1.75. The number of carbonyl (C=O) groups excluding carboxylic acids is 2. The predicted molar refractivity (Wildman–Crippen MR) is 89.6 cm³/mol. The number of benzene rings is 1. The van der Waals surface area contributed by atoms with Crippen LogP contribution in [0.15, 0.2) is 29.2 Å². The van der Waals surface area contributed by atoms with Gasteiger partial charge in [-0.3, -0.25) is 19.4 Å². The van der Waals surface area contributed by atoms with E-state index in [2.05, 4.69) is 4.90 Å². The second kappa shape index (κ2) is 6.86. The number of thioether (sulfide) groups is 1. The standard InChI is InChI=1S/C16H17ClN2O2S/c17-13-7-3-2-6-12(13)10-14-15(20)19(16(21)22-14)11-18-8-4-1-5-9-18/h2-3,6-7,10H,1,4-5,8-9,11H2/b14-10-. The molecule has 2 amide bonds. The monoisotopic (exact) mass is 336 g/mol. The lowest BCUT2D eigenvalue weighted by atomic mass is 10.1. The van der Waals surface area contributed by atoms with Crippen molar-refractivity contribution < 1.29 is 9.59 Å². The Morgan fingerprint density at radius 2 is 1.86 bits per heavy atom. The Kier molecular flexibility index (Phi) is 4.86. The maximum absolute atomic E-state index is 12.5. The highest BCUT2D eigenvalue weighted by molar-refractivity contribution is 8.18. The van der Waals surface area contributed by atoms with Gasteiger partial charge in [0, 0.05) is 5.02 Å². The third-order valence-electron chi connectivity index (χ3n) is 3.86. The van der Waals surface area contributed by atoms with Gasteiger partial charge in [0.2, 0.25) is 0 Å². The molecular formula is C16H17ClN2O2S. The van der Waals surface area contributed by atoms with Crippen LogP contribution in [-0.4, -0.2) is 40.7 Å². The van der Waals surface area contributed by atoms with Gasteiger partial charge in [-0.05, 0) is 55.4 Å². The van der Waals surface area contributed by atoms with Crippen molar-refractivity contribution in [3.05, 3.63) is 39.8 Å². The molecule has 1 aromatic rings. The molecule has 0 spiro atoms. The lowest BCUT2D eigenvalue weighted by molar-refractivity contribution is -0.124. The van der Waals surface area contributed by atoms with E-state index in [1.165, 1.54) is 11.3 Å². The number of nitrogens with zero attached hydrogens (tertiary/aromatic N) is 2. The van der Waals surface area contributed by atoms with Crippen LogP contribution in [0.5, 0.6) is 0 Å². The van der Waals surface area contributed by atoms with Gasteiger partial charge >= 0.3 is 0 Å². The minimum atomic E-state index is -0.222. The number of amides is 2. The zero-order valence-electron chi connectivity index (χ0n) is 12.1. The minimum Gasteiger partial charge on any atom is -0.286 e. The molecule has 1 aromatic carbocycles. The number of imide groups is 1. The van der Waals surface area contributed by atoms with Crippen LogP contribution in [0.2, 0.25) is 5.02 Å². The molecule has 0 aromatic heterocycles. The highest BCUT2D eigenvalue weighted by Gasteiger charge is 2.36. The van der Waals surface area contributed by atoms with E-state index in [1.807, 2.05) is 18.2 Å². The quantitative estimate of drug-likeness (QED) is 0.787. The van der Waals surface area contributed by atoms with Crippen LogP contribution >= 0.6 is 23.4 Å². The van der Waals surface area contributed by atoms with Gasteiger partial charge in [0.1, 0.15) is 0 Å². The van der Waals surface area contributed by atoms with Gasteiger partial charge in [0.05, 0.1) is 11.6 Å². The van der Waals surface area contributed by atoms with E-state index < -0.39 is 0 Å². The third-order valence-corrected chi connectivity index (χ3v) is 5.11. The first-order valence-corrected chi connectivity index (χ1v) is 8.57. The van der Waals surface area contributed by atoms with Crippen molar-refractivity contribution in [1.82, 2.24) is 9.80 Å². The highest BCUT2D eigenvalue weighted by Crippen LogP contribution is 2.33. The second-order valence-corrected chi connectivity index (χ2v) is 6.85. The maximum atomic E-state index is 12.5. The molecule has 0 radical (unpaired) electrons. The molecule has 2 heterocycles. The van der Waals surface area contributed by atoms with Crippen LogP contribution in [0, 0.1) is 0 Å². The summed E-state index contributed by atoms with van der Waals surface area (Å²) in [7, 11) is 0. The summed E-state index contributed by atoms with van der Waals surface area (Å²) in [5, 5.41) is 0.374. The van der Waals surface area contributed by atoms with Gasteiger partial charge in [-0.2, -0.15) is 0 Å². The summed E-state index contributed by atoms with van der Waals surface area (Å²) in [5.41, 5.74) is 0.757. The van der Waals surface area contributed by atoms with Crippen molar-refractivity contribution in [3.8, 4) is 0 Å². The molecule has 2 fully saturated rings. The van der Waals surface area contributed by atoms with E-state index in [1.54, 1.807) is 12.1 Å². The van der Waals surface area contributed by atoms with E-state index in [0.29, 0.717) is 16.6 Å². The summed E-state index contributed by atoms with van der Waals surface area (Å²) in [4.78, 5) is 28.5. The molecular weight excluding hydrogens is 320 g/mol. The smallest absolute Gasteiger partial charge is 0.286 e. The molecule has 0 bridgehead atoms. The minimum absolute atomic E-state index is 0.200. The van der Waals surface area contributed by atoms with Crippen LogP contribution in [0.3, 0.4) is 0 Å². The van der Waals surface area contributed by atoms with Gasteiger partial charge < -0.3 is 0 Å². The molecule has 0 N–H and O–H groups in total. The largest absolute Gasteiger partial charge is 0.294 e. The Labute approximate surface area is 139 Å². The predicted octanol–water partition coefficient (Wildman–Crippen LogP) is 3.82. The van der Waals surface area contributed by atoms with Crippen molar-refractivity contribution in [2.45, 2.75) is 19.3 Å². The number of piperidine rings is 1. The van der Waals surface area contributed by atoms with Gasteiger partial charge in [0.25, 0.3) is 11.1 Å². The highest BCUT2D eigenvalue weighted by atomic mass is 35.5. The van der Waals surface area contributed by atoms with E-state index in [4.69, 9.17) is 11.6 Å². The van der Waals surface area contributed by atoms with Crippen LogP contribution in [0.4, 0.5) is 4.79 Å². The van der Waals surface area contributed by atoms with E-state index in [9.17, 15) is 9.59 Å². The van der Waals surface area contributed by atoms with Gasteiger partial charge in [0.15, 0.2) is 0 Å². The number of halogens is 1. The number of carbonyl (C=O) groups is 2. The molecule has 4 nitrogen and oxygen atoms in total. The van der Waals surface area contributed by atoms with E-state index in [-0.39, 0.29) is 11.1 Å². The van der Waals surface area contributed by atoms with Crippen molar-refractivity contribution in [2.24, 2.45) is 0 Å². The summed E-state index contributed by atoms with van der Waals surface area (Å²) in [6, 6.07) is 7.30. The van der Waals surface area contributed by atoms with E-state index >= 15 is 0 Å². The lowest BCUT2D eigenvalue weighted by Crippen LogP contribution is -2.42. The topological polar surface area (TPSA) is 40.6 Å². The van der Waals surface area contributed by atoms with E-state index in [0.717, 1.165) is 43.3 Å². The summed E-state index contributed by atoms with van der Waals surface area (Å²) in [6.07, 6.45) is 5.19. The molecule has 3 rings (SSSR count). The first-order valence-electron chi connectivity index (χ1n) is 7.37. The zero-order valence-corrected chi connectivity index (χ0v) is 13.7. The molecule has 0 unspecified atom stereocenters. The zero-order chi connectivity index (χ0) is 15.5. The van der Waals surface area contributed by atoms with Crippen molar-refractivity contribution in [3.63, 3.8) is 0 Å². The Bertz CT molecular complexity index is 626. The average Bonchev–Trinajstić information content (AvgIpc) is 2.78. The molecule has 0 saturated carbocycles. The first kappa shape index (κ1) is 15.6. The van der Waals surface area contributed by atoms with Gasteiger partial charge in [-0.15, -0.1) is 0 Å². The molecule has 0 atom stereocenters. The van der Waals surface area contributed by atoms with Crippen molar-refractivity contribution in [1.29, 1.82) is 0 Å². The summed E-state index contributed by atoms with van der Waals surface area (Å²) in [5.74, 6) is -0.222. The summed E-state index contributed by atoms with van der Waals surface area (Å²) < 4.78 is 0. The normalized spacial score (nSPS) is 21.9. The SMILES string of the molecule is O=C1S/C(=C\c2ccccc2Cl)C(=O)N1CN1CCCCC1. The number of hydrogen-bond acceptors (Lipinski definition) is 4. The first-order chi connectivity index (χ1) is 10.6. The Hall–Kier alpha value is -1.30. The second-order valence-electron chi connectivity index (χ2n) is 5.45. The third kappa shape index (κ3) is 3.37. The van der Waals surface area contributed by atoms with Crippen molar-refractivity contribution >= 4 is 40.6 Å². The fourth-order valence-corrected chi connectivity index (χ4v) is 3.67. The Morgan fingerprint density at radius 1 is 1.14 bits per heavy atom. The lowest BCUT2D eigenvalue weighted by Gasteiger charge is -2.29. The fraction of sp³-hybridized carbons (Fsp3) is 0.375. The van der Waals surface area contributed by atoms with Crippen LogP contribution in [0.1, 0.15) is 24.8 Å². The number of rotatable bonds is 3. The maximum Gasteiger partial charge on any atom is 0.294 e. The van der Waals surface area contributed by atoms with Gasteiger partial charge in [-0.1, -0.05) is 36.2 Å². The fourth-order valence-electron chi connectivity index (χ4n) is 2.66. The van der Waals surface area contributed by atoms with Crippen molar-refractivity contribution in [2.75, 3.05) is 19.8 Å². The molecule has 22 heavy (non-hydrogen) atoms. The van der Waals surface area contributed by atoms with Gasteiger partial charge in [-0.25, -0.2) is 0 Å². The molecule has 0 aliphatic carbocycles. The number of likely N-dealkylation sites (tertiary alicyclic amines) is 1. The summed E-state index contributed by atoms with van der Waals surface area (Å²) in [6.45, 7) is 2.29. The molecule has 116 valence electrons.